The number of nitrogens with zero attached hydrogens (tertiary/aromatic N) is 1. The van der Waals surface area contributed by atoms with E-state index in [2.05, 4.69) is 15.9 Å². The monoisotopic (exact) mass is 326 g/mol. The highest BCUT2D eigenvalue weighted by Gasteiger charge is 2.43. The van der Waals surface area contributed by atoms with Crippen LogP contribution in [0.1, 0.15) is 37.3 Å². The lowest BCUT2D eigenvalue weighted by molar-refractivity contribution is -0.138. The number of likely N-dealkylation sites (tertiary alicyclic amines) is 1. The lowest BCUT2D eigenvalue weighted by Crippen LogP contribution is -2.49. The quantitative estimate of drug-likeness (QED) is 0.908. The van der Waals surface area contributed by atoms with Crippen molar-refractivity contribution in [2.75, 3.05) is 0 Å². The summed E-state index contributed by atoms with van der Waals surface area (Å²) in [4.78, 5) is 14.1. The number of hydrogen-bond acceptors (Lipinski definition) is 2. The maximum absolute atomic E-state index is 13.3. The molecule has 0 aromatic heterocycles. The molecule has 3 rings (SSSR count). The Balaban J connectivity index is 1.97. The molecule has 1 saturated carbocycles. The van der Waals surface area contributed by atoms with E-state index >= 15 is 0 Å². The van der Waals surface area contributed by atoms with E-state index in [1.54, 1.807) is 12.1 Å². The average Bonchev–Trinajstić information content (AvgIpc) is 3.19. The fourth-order valence-corrected chi connectivity index (χ4v) is 3.22. The third-order valence-electron chi connectivity index (χ3n) is 3.91. The van der Waals surface area contributed by atoms with Gasteiger partial charge in [-0.1, -0.05) is 6.07 Å². The molecule has 0 radical (unpaired) electrons. The standard InChI is InChI=1S/C14H16BrFN2O/c15-10-7-8(1-4-11(10)16)14-12(17)5-6-13(19)18(14)9-2-3-9/h1,4,7,9,12,14H,2-3,5-6,17H2. The molecule has 1 aliphatic carbocycles. The van der Waals surface area contributed by atoms with Crippen LogP contribution in [0.2, 0.25) is 0 Å². The van der Waals surface area contributed by atoms with Crippen LogP contribution in [0, 0.1) is 5.82 Å². The molecule has 1 aromatic carbocycles. The van der Waals surface area contributed by atoms with Crippen LogP contribution in [-0.2, 0) is 4.79 Å². The summed E-state index contributed by atoms with van der Waals surface area (Å²) in [7, 11) is 0. The molecular weight excluding hydrogens is 311 g/mol. The molecule has 1 aliphatic heterocycles. The summed E-state index contributed by atoms with van der Waals surface area (Å²) in [6.45, 7) is 0. The molecular formula is C14H16BrFN2O. The van der Waals surface area contributed by atoms with Crippen LogP contribution in [0.25, 0.3) is 0 Å². The summed E-state index contributed by atoms with van der Waals surface area (Å²) in [5.41, 5.74) is 7.13. The van der Waals surface area contributed by atoms with Gasteiger partial charge in [0.2, 0.25) is 5.91 Å². The van der Waals surface area contributed by atoms with Crippen molar-refractivity contribution in [2.45, 2.75) is 43.8 Å². The van der Waals surface area contributed by atoms with Gasteiger partial charge in [-0.05, 0) is 52.9 Å². The summed E-state index contributed by atoms with van der Waals surface area (Å²) in [5.74, 6) is -0.118. The van der Waals surface area contributed by atoms with E-state index in [1.165, 1.54) is 6.07 Å². The van der Waals surface area contributed by atoms with Crippen molar-refractivity contribution >= 4 is 21.8 Å². The van der Waals surface area contributed by atoms with E-state index in [9.17, 15) is 9.18 Å². The molecule has 2 aliphatic rings. The van der Waals surface area contributed by atoms with Crippen molar-refractivity contribution < 1.29 is 9.18 Å². The zero-order valence-corrected chi connectivity index (χ0v) is 12.1. The predicted octanol–water partition coefficient (Wildman–Crippen LogP) is 2.74. The van der Waals surface area contributed by atoms with Crippen LogP contribution in [0.5, 0.6) is 0 Å². The fourth-order valence-electron chi connectivity index (χ4n) is 2.83. The van der Waals surface area contributed by atoms with Gasteiger partial charge in [-0.3, -0.25) is 4.79 Å². The van der Waals surface area contributed by atoms with Gasteiger partial charge in [-0.25, -0.2) is 4.39 Å². The first-order valence-electron chi connectivity index (χ1n) is 6.59. The first-order chi connectivity index (χ1) is 9.08. The van der Waals surface area contributed by atoms with Crippen molar-refractivity contribution in [3.63, 3.8) is 0 Å². The molecule has 2 atom stereocenters. The number of hydrogen-bond donors (Lipinski definition) is 1. The summed E-state index contributed by atoms with van der Waals surface area (Å²) in [6.07, 6.45) is 3.33. The number of nitrogens with two attached hydrogens (primary N) is 1. The highest BCUT2D eigenvalue weighted by molar-refractivity contribution is 9.10. The van der Waals surface area contributed by atoms with Gasteiger partial charge >= 0.3 is 0 Å². The van der Waals surface area contributed by atoms with Crippen LogP contribution < -0.4 is 5.73 Å². The van der Waals surface area contributed by atoms with E-state index in [0.717, 1.165) is 18.4 Å². The maximum atomic E-state index is 13.3. The number of carbonyl (C=O) groups is 1. The Labute approximate surface area is 120 Å². The van der Waals surface area contributed by atoms with E-state index in [0.29, 0.717) is 23.4 Å². The molecule has 0 bridgehead atoms. The Morgan fingerprint density at radius 2 is 2.05 bits per heavy atom. The van der Waals surface area contributed by atoms with Gasteiger partial charge < -0.3 is 10.6 Å². The van der Waals surface area contributed by atoms with Crippen molar-refractivity contribution in [3.05, 3.63) is 34.1 Å². The third-order valence-corrected chi connectivity index (χ3v) is 4.52. The van der Waals surface area contributed by atoms with Crippen LogP contribution in [-0.4, -0.2) is 22.9 Å². The van der Waals surface area contributed by atoms with E-state index < -0.39 is 0 Å². The minimum absolute atomic E-state index is 0.0735. The second-order valence-corrected chi connectivity index (χ2v) is 6.21. The van der Waals surface area contributed by atoms with Gasteiger partial charge in [0.25, 0.3) is 0 Å². The largest absolute Gasteiger partial charge is 0.331 e. The minimum Gasteiger partial charge on any atom is -0.331 e. The maximum Gasteiger partial charge on any atom is 0.223 e. The Morgan fingerprint density at radius 1 is 1.32 bits per heavy atom. The van der Waals surface area contributed by atoms with Crippen molar-refractivity contribution in [1.29, 1.82) is 0 Å². The number of piperidine rings is 1. The second kappa shape index (κ2) is 4.87. The van der Waals surface area contributed by atoms with Gasteiger partial charge in [0.15, 0.2) is 0 Å². The van der Waals surface area contributed by atoms with Crippen molar-refractivity contribution in [1.82, 2.24) is 4.90 Å². The number of carbonyl (C=O) groups excluding carboxylic acids is 1. The highest BCUT2D eigenvalue weighted by atomic mass is 79.9. The lowest BCUT2D eigenvalue weighted by atomic mass is 9.90. The molecule has 1 amide bonds. The molecule has 2 fully saturated rings. The fraction of sp³-hybridized carbons (Fsp3) is 0.500. The molecule has 1 heterocycles. The van der Waals surface area contributed by atoms with Crippen LogP contribution in [0.15, 0.2) is 22.7 Å². The highest BCUT2D eigenvalue weighted by Crippen LogP contribution is 2.40. The minimum atomic E-state index is -0.294. The molecule has 1 aromatic rings. The SMILES string of the molecule is NC1CCC(=O)N(C2CC2)C1c1ccc(F)c(Br)c1. The van der Waals surface area contributed by atoms with Gasteiger partial charge in [-0.2, -0.15) is 0 Å². The van der Waals surface area contributed by atoms with Gasteiger partial charge in [0.1, 0.15) is 5.82 Å². The van der Waals surface area contributed by atoms with Crippen LogP contribution in [0.3, 0.4) is 0 Å². The summed E-state index contributed by atoms with van der Waals surface area (Å²) < 4.78 is 13.8. The lowest BCUT2D eigenvalue weighted by Gasteiger charge is -2.40. The summed E-state index contributed by atoms with van der Waals surface area (Å²) >= 11 is 3.20. The Kier molecular flexibility index (Phi) is 3.35. The summed E-state index contributed by atoms with van der Waals surface area (Å²) in [6, 6.07) is 5.04. The summed E-state index contributed by atoms with van der Waals surface area (Å²) in [5, 5.41) is 0. The van der Waals surface area contributed by atoms with Gasteiger partial charge in [0.05, 0.1) is 10.5 Å². The van der Waals surface area contributed by atoms with Gasteiger partial charge in [-0.15, -0.1) is 0 Å². The average molecular weight is 327 g/mol. The number of halogens is 2. The normalized spacial score (nSPS) is 27.7. The van der Waals surface area contributed by atoms with Crippen LogP contribution in [0.4, 0.5) is 4.39 Å². The molecule has 102 valence electrons. The number of amides is 1. The molecule has 2 unspecified atom stereocenters. The number of rotatable bonds is 2. The Morgan fingerprint density at radius 3 is 2.68 bits per heavy atom. The van der Waals surface area contributed by atoms with Crippen molar-refractivity contribution in [3.8, 4) is 0 Å². The first kappa shape index (κ1) is 13.1. The number of benzene rings is 1. The zero-order chi connectivity index (χ0) is 13.6. The molecule has 0 spiro atoms. The molecule has 2 N–H and O–H groups in total. The van der Waals surface area contributed by atoms with Gasteiger partial charge in [0, 0.05) is 18.5 Å². The second-order valence-electron chi connectivity index (χ2n) is 5.35. The van der Waals surface area contributed by atoms with E-state index in [1.807, 2.05) is 4.90 Å². The molecule has 1 saturated heterocycles. The predicted molar refractivity (Wildman–Crippen MR) is 73.9 cm³/mol. The molecule has 3 nitrogen and oxygen atoms in total. The van der Waals surface area contributed by atoms with E-state index in [-0.39, 0.29) is 23.8 Å². The smallest absolute Gasteiger partial charge is 0.223 e. The van der Waals surface area contributed by atoms with Crippen molar-refractivity contribution in [2.24, 2.45) is 5.73 Å². The molecule has 19 heavy (non-hydrogen) atoms. The topological polar surface area (TPSA) is 46.3 Å². The molecule has 5 heteroatoms. The Bertz CT molecular complexity index is 518. The zero-order valence-electron chi connectivity index (χ0n) is 10.5. The first-order valence-corrected chi connectivity index (χ1v) is 7.39. The van der Waals surface area contributed by atoms with Crippen LogP contribution >= 0.6 is 15.9 Å². The Hall–Kier alpha value is -0.940. The third kappa shape index (κ3) is 2.41. The van der Waals surface area contributed by atoms with E-state index in [4.69, 9.17) is 5.73 Å².